The molecule has 194 valence electrons. The average Bonchev–Trinajstić information content (AvgIpc) is 3.18. The number of esters is 1. The molecule has 4 heteroatoms. The Labute approximate surface area is 213 Å². The largest absolute Gasteiger partial charge is 0.458 e. The third-order valence-electron chi connectivity index (χ3n) is 10.9. The van der Waals surface area contributed by atoms with E-state index >= 15 is 0 Å². The highest BCUT2D eigenvalue weighted by Crippen LogP contribution is 2.66. The number of benzene rings is 1. The maximum absolute atomic E-state index is 12.9. The van der Waals surface area contributed by atoms with E-state index in [4.69, 9.17) is 9.47 Å². The third kappa shape index (κ3) is 4.82. The Morgan fingerprint density at radius 2 is 1.69 bits per heavy atom. The molecule has 8 atom stereocenters. The van der Waals surface area contributed by atoms with Crippen LogP contribution in [0.5, 0.6) is 0 Å². The van der Waals surface area contributed by atoms with Crippen LogP contribution in [0.25, 0.3) is 0 Å². The van der Waals surface area contributed by atoms with Crippen LogP contribution in [0.4, 0.5) is 0 Å². The van der Waals surface area contributed by atoms with Crippen LogP contribution >= 0.6 is 0 Å². The zero-order valence-electron chi connectivity index (χ0n) is 22.5. The lowest BCUT2D eigenvalue weighted by molar-refractivity contribution is -0.141. The highest BCUT2D eigenvalue weighted by Gasteiger charge is 2.61. The molecule has 0 aliphatic heterocycles. The van der Waals surface area contributed by atoms with Gasteiger partial charge in [0.25, 0.3) is 0 Å². The van der Waals surface area contributed by atoms with Gasteiger partial charge in [0.1, 0.15) is 6.10 Å². The van der Waals surface area contributed by atoms with E-state index in [0.717, 1.165) is 43.7 Å². The number of fused-ring (bicyclic) bond motifs is 5. The Hall–Kier alpha value is -1.39. The Kier molecular flexibility index (Phi) is 7.34. The summed E-state index contributed by atoms with van der Waals surface area (Å²) in [6, 6.07) is 9.54. The SMILES string of the molecule is CN(C)CCCOC1CCC2(C)C(CCC3C2CCC2(C)C(OC(=O)c4ccccc4)CCC32)C1. The second-order valence-electron chi connectivity index (χ2n) is 13.0. The molecule has 0 N–H and O–H groups in total. The summed E-state index contributed by atoms with van der Waals surface area (Å²) in [5.74, 6) is 3.01. The van der Waals surface area contributed by atoms with Crippen molar-refractivity contribution in [3.8, 4) is 0 Å². The van der Waals surface area contributed by atoms with Gasteiger partial charge >= 0.3 is 5.97 Å². The molecule has 0 saturated heterocycles. The lowest BCUT2D eigenvalue weighted by Crippen LogP contribution is -2.54. The number of carbonyl (C=O) groups is 1. The normalized spacial score (nSPS) is 40.6. The van der Waals surface area contributed by atoms with E-state index in [-0.39, 0.29) is 17.5 Å². The molecule has 4 aliphatic carbocycles. The molecule has 0 radical (unpaired) electrons. The molecular formula is C31H47NO3. The van der Waals surface area contributed by atoms with Crippen LogP contribution in [-0.4, -0.2) is 50.3 Å². The van der Waals surface area contributed by atoms with Crippen molar-refractivity contribution in [3.05, 3.63) is 35.9 Å². The van der Waals surface area contributed by atoms with Gasteiger partial charge in [-0.25, -0.2) is 4.79 Å². The second kappa shape index (κ2) is 10.2. The fraction of sp³-hybridized carbons (Fsp3) is 0.774. The van der Waals surface area contributed by atoms with E-state index in [1.54, 1.807) is 0 Å². The molecule has 1 aromatic carbocycles. The van der Waals surface area contributed by atoms with Gasteiger partial charge in [-0.3, -0.25) is 0 Å². The number of hydrogen-bond acceptors (Lipinski definition) is 4. The van der Waals surface area contributed by atoms with E-state index in [0.29, 0.717) is 23.0 Å². The number of hydrogen-bond donors (Lipinski definition) is 0. The molecule has 35 heavy (non-hydrogen) atoms. The zero-order chi connectivity index (χ0) is 24.6. The minimum Gasteiger partial charge on any atom is -0.458 e. The molecule has 0 spiro atoms. The predicted molar refractivity (Wildman–Crippen MR) is 140 cm³/mol. The lowest BCUT2D eigenvalue weighted by atomic mass is 9.45. The molecule has 8 unspecified atom stereocenters. The van der Waals surface area contributed by atoms with Crippen LogP contribution in [0.1, 0.15) is 88.4 Å². The van der Waals surface area contributed by atoms with Gasteiger partial charge in [-0.05, 0) is 126 Å². The van der Waals surface area contributed by atoms with Crippen molar-refractivity contribution in [2.45, 2.75) is 90.3 Å². The van der Waals surface area contributed by atoms with Crippen molar-refractivity contribution < 1.29 is 14.3 Å². The molecule has 5 rings (SSSR count). The fourth-order valence-corrected chi connectivity index (χ4v) is 8.92. The van der Waals surface area contributed by atoms with Crippen LogP contribution in [0, 0.1) is 34.5 Å². The molecule has 4 aliphatic rings. The molecule has 4 saturated carbocycles. The van der Waals surface area contributed by atoms with Crippen LogP contribution in [0.3, 0.4) is 0 Å². The predicted octanol–water partition coefficient (Wildman–Crippen LogP) is 6.59. The molecule has 0 bridgehead atoms. The van der Waals surface area contributed by atoms with E-state index in [1.165, 1.54) is 51.4 Å². The molecular weight excluding hydrogens is 434 g/mol. The number of nitrogens with zero attached hydrogens (tertiary/aromatic N) is 1. The number of carbonyl (C=O) groups excluding carboxylic acids is 1. The monoisotopic (exact) mass is 481 g/mol. The summed E-state index contributed by atoms with van der Waals surface area (Å²) in [5, 5.41) is 0. The first-order valence-electron chi connectivity index (χ1n) is 14.3. The highest BCUT2D eigenvalue weighted by atomic mass is 16.5. The molecule has 1 aromatic rings. The van der Waals surface area contributed by atoms with E-state index < -0.39 is 0 Å². The second-order valence-corrected chi connectivity index (χ2v) is 13.0. The first kappa shape index (κ1) is 25.3. The summed E-state index contributed by atoms with van der Waals surface area (Å²) >= 11 is 0. The highest BCUT2D eigenvalue weighted by molar-refractivity contribution is 5.89. The van der Waals surface area contributed by atoms with Crippen LogP contribution < -0.4 is 0 Å². The van der Waals surface area contributed by atoms with Crippen molar-refractivity contribution >= 4 is 5.97 Å². The molecule has 4 fully saturated rings. The Bertz CT molecular complexity index is 871. The van der Waals surface area contributed by atoms with Gasteiger partial charge < -0.3 is 14.4 Å². The summed E-state index contributed by atoms with van der Waals surface area (Å²) in [6.45, 7) is 7.08. The smallest absolute Gasteiger partial charge is 0.338 e. The van der Waals surface area contributed by atoms with E-state index in [2.05, 4.69) is 32.8 Å². The number of rotatable bonds is 7. The van der Waals surface area contributed by atoms with Gasteiger partial charge in [0, 0.05) is 12.0 Å². The Balaban J connectivity index is 1.21. The fourth-order valence-electron chi connectivity index (χ4n) is 8.92. The van der Waals surface area contributed by atoms with Gasteiger partial charge in [-0.1, -0.05) is 32.0 Å². The average molecular weight is 482 g/mol. The summed E-state index contributed by atoms with van der Waals surface area (Å²) in [4.78, 5) is 15.1. The van der Waals surface area contributed by atoms with E-state index in [9.17, 15) is 4.79 Å². The first-order chi connectivity index (χ1) is 16.8. The molecule has 0 heterocycles. The van der Waals surface area contributed by atoms with Crippen LogP contribution in [0.2, 0.25) is 0 Å². The van der Waals surface area contributed by atoms with Crippen molar-refractivity contribution in [3.63, 3.8) is 0 Å². The molecule has 0 aromatic heterocycles. The lowest BCUT2D eigenvalue weighted by Gasteiger charge is -2.60. The summed E-state index contributed by atoms with van der Waals surface area (Å²) < 4.78 is 12.6. The third-order valence-corrected chi connectivity index (χ3v) is 10.9. The van der Waals surface area contributed by atoms with Crippen molar-refractivity contribution in [1.82, 2.24) is 4.90 Å². The van der Waals surface area contributed by atoms with Crippen molar-refractivity contribution in [1.29, 1.82) is 0 Å². The maximum Gasteiger partial charge on any atom is 0.338 e. The summed E-state index contributed by atoms with van der Waals surface area (Å²) in [6.07, 6.45) is 13.0. The van der Waals surface area contributed by atoms with Crippen LogP contribution in [0.15, 0.2) is 30.3 Å². The molecule has 4 nitrogen and oxygen atoms in total. The summed E-state index contributed by atoms with van der Waals surface area (Å²) in [7, 11) is 4.28. The molecule has 0 amide bonds. The topological polar surface area (TPSA) is 38.8 Å². The van der Waals surface area contributed by atoms with Gasteiger partial charge in [0.15, 0.2) is 0 Å². The minimum absolute atomic E-state index is 0.0676. The van der Waals surface area contributed by atoms with Crippen molar-refractivity contribution in [2.24, 2.45) is 34.5 Å². The van der Waals surface area contributed by atoms with Gasteiger partial charge in [-0.15, -0.1) is 0 Å². The van der Waals surface area contributed by atoms with E-state index in [1.807, 2.05) is 30.3 Å². The quantitative estimate of drug-likeness (QED) is 0.325. The van der Waals surface area contributed by atoms with Crippen LogP contribution in [-0.2, 0) is 9.47 Å². The zero-order valence-corrected chi connectivity index (χ0v) is 22.5. The van der Waals surface area contributed by atoms with Gasteiger partial charge in [0.05, 0.1) is 11.7 Å². The Morgan fingerprint density at radius 3 is 2.46 bits per heavy atom. The summed E-state index contributed by atoms with van der Waals surface area (Å²) in [5.41, 5.74) is 1.29. The first-order valence-corrected chi connectivity index (χ1v) is 14.3. The van der Waals surface area contributed by atoms with Gasteiger partial charge in [-0.2, -0.15) is 0 Å². The Morgan fingerprint density at radius 1 is 0.943 bits per heavy atom. The minimum atomic E-state index is -0.140. The standard InChI is InChI=1S/C31H47NO3/c1-30-17-15-24(34-20-8-19-32(3)4)21-23(30)11-12-25-26-13-14-28(31(26,2)18-16-27(25)30)35-29(33)22-9-6-5-7-10-22/h5-7,9-10,23-28H,8,11-21H2,1-4H3. The number of ether oxygens (including phenoxy) is 2. The van der Waals surface area contributed by atoms with Gasteiger partial charge in [0.2, 0.25) is 0 Å². The van der Waals surface area contributed by atoms with Crippen molar-refractivity contribution in [2.75, 3.05) is 27.2 Å². The maximum atomic E-state index is 12.9.